The van der Waals surface area contributed by atoms with E-state index in [0.29, 0.717) is 32.8 Å². The minimum absolute atomic E-state index is 0. The Morgan fingerprint density at radius 3 is 2.55 bits per heavy atom. The zero-order chi connectivity index (χ0) is 19.2. The van der Waals surface area contributed by atoms with Crippen LogP contribution in [0.25, 0.3) is 11.3 Å². The van der Waals surface area contributed by atoms with Crippen molar-refractivity contribution in [3.8, 4) is 11.3 Å². The molecule has 152 valence electrons. The van der Waals surface area contributed by atoms with E-state index in [2.05, 4.69) is 22.8 Å². The molecular weight excluding hydrogens is 388 g/mol. The lowest BCUT2D eigenvalue weighted by Crippen LogP contribution is -2.51. The van der Waals surface area contributed by atoms with Crippen molar-refractivity contribution in [2.45, 2.75) is 19.1 Å². The van der Waals surface area contributed by atoms with Gasteiger partial charge in [0.05, 0.1) is 25.5 Å². The van der Waals surface area contributed by atoms with Crippen LogP contribution in [0.1, 0.15) is 11.1 Å². The predicted molar refractivity (Wildman–Crippen MR) is 115 cm³/mol. The largest absolute Gasteiger partial charge is 0.378 e. The molecule has 0 saturated carbocycles. The number of benzene rings is 2. The highest BCUT2D eigenvalue weighted by molar-refractivity contribution is 5.85. The van der Waals surface area contributed by atoms with Gasteiger partial charge in [-0.2, -0.15) is 5.10 Å². The van der Waals surface area contributed by atoms with E-state index in [0.717, 1.165) is 16.8 Å². The summed E-state index contributed by atoms with van der Waals surface area (Å²) in [6.45, 7) is 2.86. The molecule has 7 heteroatoms. The van der Waals surface area contributed by atoms with Gasteiger partial charge in [0.2, 0.25) is 5.91 Å². The van der Waals surface area contributed by atoms with E-state index < -0.39 is 0 Å². The van der Waals surface area contributed by atoms with Gasteiger partial charge in [-0.05, 0) is 5.56 Å². The molecule has 29 heavy (non-hydrogen) atoms. The number of nitrogens with zero attached hydrogens (tertiary/aromatic N) is 2. The molecule has 1 saturated heterocycles. The minimum Gasteiger partial charge on any atom is -0.378 e. The molecule has 4 rings (SSSR count). The molecule has 1 amide bonds. The van der Waals surface area contributed by atoms with Crippen molar-refractivity contribution < 1.29 is 9.53 Å². The average Bonchev–Trinajstić information content (AvgIpc) is 3.16. The number of hydrogen-bond acceptors (Lipinski definition) is 4. The number of morpholine rings is 1. The summed E-state index contributed by atoms with van der Waals surface area (Å²) in [5.74, 6) is -0.0467. The van der Waals surface area contributed by atoms with Gasteiger partial charge in [-0.25, -0.2) is 0 Å². The fourth-order valence-electron chi connectivity index (χ4n) is 3.32. The van der Waals surface area contributed by atoms with Crippen molar-refractivity contribution in [2.24, 2.45) is 0 Å². The van der Waals surface area contributed by atoms with E-state index in [9.17, 15) is 4.79 Å². The van der Waals surface area contributed by atoms with Crippen molar-refractivity contribution in [3.63, 3.8) is 0 Å². The van der Waals surface area contributed by atoms with E-state index in [1.165, 1.54) is 5.56 Å². The first-order chi connectivity index (χ1) is 13.8. The highest BCUT2D eigenvalue weighted by atomic mass is 35.5. The lowest BCUT2D eigenvalue weighted by Gasteiger charge is -2.22. The van der Waals surface area contributed by atoms with Crippen LogP contribution >= 0.6 is 12.4 Å². The summed E-state index contributed by atoms with van der Waals surface area (Å²) in [5, 5.41) is 11.0. The van der Waals surface area contributed by atoms with E-state index in [1.54, 1.807) is 0 Å². The quantitative estimate of drug-likeness (QED) is 0.653. The van der Waals surface area contributed by atoms with Gasteiger partial charge >= 0.3 is 0 Å². The molecule has 6 nitrogen and oxygen atoms in total. The SMILES string of the molecule is Cl.O=C(NCc1cn(Cc2ccccc2)nc1-c1ccccc1)C1COCCN1. The number of aromatic nitrogens is 2. The van der Waals surface area contributed by atoms with Gasteiger partial charge < -0.3 is 15.4 Å². The molecule has 1 unspecified atom stereocenters. The number of carbonyl (C=O) groups excluding carboxylic acids is 1. The molecule has 1 aliphatic rings. The number of hydrogen-bond donors (Lipinski definition) is 2. The molecule has 1 aromatic heterocycles. The van der Waals surface area contributed by atoms with Gasteiger partial charge in [0.15, 0.2) is 0 Å². The lowest BCUT2D eigenvalue weighted by atomic mass is 10.1. The van der Waals surface area contributed by atoms with Gasteiger partial charge in [0.1, 0.15) is 6.04 Å². The molecule has 0 spiro atoms. The van der Waals surface area contributed by atoms with Crippen LogP contribution in [0.15, 0.2) is 66.9 Å². The van der Waals surface area contributed by atoms with Gasteiger partial charge in [-0.15, -0.1) is 12.4 Å². The van der Waals surface area contributed by atoms with Gasteiger partial charge in [-0.1, -0.05) is 60.7 Å². The van der Waals surface area contributed by atoms with Crippen molar-refractivity contribution >= 4 is 18.3 Å². The second kappa shape index (κ2) is 10.2. The van der Waals surface area contributed by atoms with Crippen LogP contribution in [0.2, 0.25) is 0 Å². The van der Waals surface area contributed by atoms with Crippen LogP contribution in [-0.2, 0) is 22.6 Å². The molecule has 0 radical (unpaired) electrons. The molecule has 2 aromatic carbocycles. The first kappa shape index (κ1) is 21.0. The number of carbonyl (C=O) groups is 1. The van der Waals surface area contributed by atoms with E-state index in [1.807, 2.05) is 59.4 Å². The summed E-state index contributed by atoms with van der Waals surface area (Å²) in [7, 11) is 0. The first-order valence-electron chi connectivity index (χ1n) is 9.54. The predicted octanol–water partition coefficient (Wildman–Crippen LogP) is 2.62. The van der Waals surface area contributed by atoms with E-state index >= 15 is 0 Å². The van der Waals surface area contributed by atoms with Gasteiger partial charge in [0.25, 0.3) is 0 Å². The van der Waals surface area contributed by atoms with Crippen LogP contribution in [0.4, 0.5) is 0 Å². The summed E-state index contributed by atoms with van der Waals surface area (Å²) in [6.07, 6.45) is 2.01. The van der Waals surface area contributed by atoms with Crippen LogP contribution in [0.5, 0.6) is 0 Å². The normalized spacial score (nSPS) is 16.1. The molecule has 1 atom stereocenters. The van der Waals surface area contributed by atoms with Crippen LogP contribution in [0, 0.1) is 0 Å². The number of ether oxygens (including phenoxy) is 1. The maximum Gasteiger partial charge on any atom is 0.239 e. The van der Waals surface area contributed by atoms with Gasteiger partial charge in [0, 0.05) is 30.4 Å². The summed E-state index contributed by atoms with van der Waals surface area (Å²) in [5.41, 5.74) is 4.11. The van der Waals surface area contributed by atoms with Crippen LogP contribution in [0.3, 0.4) is 0 Å². The molecule has 2 N–H and O–H groups in total. The van der Waals surface area contributed by atoms with E-state index in [-0.39, 0.29) is 24.4 Å². The van der Waals surface area contributed by atoms with Crippen LogP contribution < -0.4 is 10.6 Å². The highest BCUT2D eigenvalue weighted by Gasteiger charge is 2.21. The summed E-state index contributed by atoms with van der Waals surface area (Å²) in [4.78, 5) is 12.4. The number of halogens is 1. The summed E-state index contributed by atoms with van der Waals surface area (Å²) < 4.78 is 7.31. The molecule has 0 bridgehead atoms. The fraction of sp³-hybridized carbons (Fsp3) is 0.273. The Bertz CT molecular complexity index is 909. The topological polar surface area (TPSA) is 68.2 Å². The van der Waals surface area contributed by atoms with Crippen molar-refractivity contribution in [1.29, 1.82) is 0 Å². The summed E-state index contributed by atoms with van der Waals surface area (Å²) in [6, 6.07) is 20.0. The maximum absolute atomic E-state index is 12.4. The second-order valence-corrected chi connectivity index (χ2v) is 6.85. The Morgan fingerprint density at radius 1 is 1.14 bits per heavy atom. The highest BCUT2D eigenvalue weighted by Crippen LogP contribution is 2.22. The summed E-state index contributed by atoms with van der Waals surface area (Å²) >= 11 is 0. The van der Waals surface area contributed by atoms with Crippen LogP contribution in [-0.4, -0.2) is 41.5 Å². The number of amides is 1. The van der Waals surface area contributed by atoms with Gasteiger partial charge in [-0.3, -0.25) is 9.48 Å². The molecule has 1 fully saturated rings. The molecular formula is C22H25ClN4O2. The zero-order valence-corrected chi connectivity index (χ0v) is 16.9. The molecule has 3 aromatic rings. The maximum atomic E-state index is 12.4. The van der Waals surface area contributed by atoms with Crippen molar-refractivity contribution in [2.75, 3.05) is 19.8 Å². The van der Waals surface area contributed by atoms with Crippen molar-refractivity contribution in [1.82, 2.24) is 20.4 Å². The third-order valence-electron chi connectivity index (χ3n) is 4.76. The number of rotatable bonds is 6. The average molecular weight is 413 g/mol. The Balaban J connectivity index is 0.00000240. The third kappa shape index (κ3) is 5.44. The molecule has 2 heterocycles. The Kier molecular flexibility index (Phi) is 7.41. The van der Waals surface area contributed by atoms with Crippen molar-refractivity contribution in [3.05, 3.63) is 78.0 Å². The Morgan fingerprint density at radius 2 is 1.86 bits per heavy atom. The standard InChI is InChI=1S/C22H24N4O2.ClH/c27-22(20-16-28-12-11-23-20)24-13-19-15-26(14-17-7-3-1-4-8-17)25-21(19)18-9-5-2-6-10-18;/h1-10,15,20,23H,11-14,16H2,(H,24,27);1H. The zero-order valence-electron chi connectivity index (χ0n) is 16.1. The minimum atomic E-state index is -0.298. The second-order valence-electron chi connectivity index (χ2n) is 6.85. The molecule has 1 aliphatic heterocycles. The third-order valence-corrected chi connectivity index (χ3v) is 4.76. The Hall–Kier alpha value is -2.67. The monoisotopic (exact) mass is 412 g/mol. The van der Waals surface area contributed by atoms with E-state index in [4.69, 9.17) is 9.84 Å². The lowest BCUT2D eigenvalue weighted by molar-refractivity contribution is -0.126. The fourth-order valence-corrected chi connectivity index (χ4v) is 3.32. The first-order valence-corrected chi connectivity index (χ1v) is 9.54. The smallest absolute Gasteiger partial charge is 0.239 e. The number of nitrogens with one attached hydrogen (secondary N) is 2. The molecule has 0 aliphatic carbocycles. The Labute approximate surface area is 176 Å².